The van der Waals surface area contributed by atoms with Crippen molar-refractivity contribution in [2.45, 2.75) is 57.7 Å². The number of esters is 1. The van der Waals surface area contributed by atoms with Gasteiger partial charge in [-0.25, -0.2) is 4.79 Å². The predicted octanol–water partition coefficient (Wildman–Crippen LogP) is 1.29. The zero-order valence-electron chi connectivity index (χ0n) is 12.5. The summed E-state index contributed by atoms with van der Waals surface area (Å²) >= 11 is 0. The summed E-state index contributed by atoms with van der Waals surface area (Å²) in [6.07, 6.45) is 2.09. The van der Waals surface area contributed by atoms with Crippen molar-refractivity contribution in [2.24, 2.45) is 0 Å². The minimum Gasteiger partial charge on any atom is -0.464 e. The summed E-state index contributed by atoms with van der Waals surface area (Å²) in [7, 11) is 0. The minimum atomic E-state index is -0.474. The first kappa shape index (κ1) is 15.1. The van der Waals surface area contributed by atoms with E-state index in [2.05, 4.69) is 10.2 Å². The van der Waals surface area contributed by atoms with Crippen LogP contribution in [0.3, 0.4) is 0 Å². The van der Waals surface area contributed by atoms with Gasteiger partial charge < -0.3 is 14.8 Å². The Kier molecular flexibility index (Phi) is 4.52. The summed E-state index contributed by atoms with van der Waals surface area (Å²) in [6.45, 7) is 7.68. The Morgan fingerprint density at radius 1 is 1.30 bits per heavy atom. The SMILES string of the molecule is CC(C)(C)OC(=O)NC1CCN([C@H]2CCOC2=O)CC1. The third-order valence-corrected chi connectivity index (χ3v) is 3.60. The molecule has 0 aliphatic carbocycles. The zero-order chi connectivity index (χ0) is 14.8. The smallest absolute Gasteiger partial charge is 0.407 e. The van der Waals surface area contributed by atoms with Crippen molar-refractivity contribution in [3.8, 4) is 0 Å². The van der Waals surface area contributed by atoms with Crippen LogP contribution in [0.25, 0.3) is 0 Å². The second-order valence-corrected chi connectivity index (χ2v) is 6.43. The van der Waals surface area contributed by atoms with Gasteiger partial charge in [-0.15, -0.1) is 0 Å². The van der Waals surface area contributed by atoms with Crippen LogP contribution >= 0.6 is 0 Å². The fraction of sp³-hybridized carbons (Fsp3) is 0.857. The molecule has 1 amide bonds. The molecule has 6 nitrogen and oxygen atoms in total. The van der Waals surface area contributed by atoms with E-state index < -0.39 is 5.60 Å². The van der Waals surface area contributed by atoms with E-state index in [0.717, 1.165) is 32.4 Å². The lowest BCUT2D eigenvalue weighted by molar-refractivity contribution is -0.142. The summed E-state index contributed by atoms with van der Waals surface area (Å²) in [6, 6.07) is 0.0380. The lowest BCUT2D eigenvalue weighted by atomic mass is 10.0. The van der Waals surface area contributed by atoms with E-state index in [1.165, 1.54) is 0 Å². The summed E-state index contributed by atoms with van der Waals surface area (Å²) in [4.78, 5) is 25.4. The molecule has 0 radical (unpaired) electrons. The highest BCUT2D eigenvalue weighted by Gasteiger charge is 2.34. The molecule has 0 spiro atoms. The number of hydrogen-bond donors (Lipinski definition) is 1. The molecule has 0 aromatic heterocycles. The third-order valence-electron chi connectivity index (χ3n) is 3.60. The van der Waals surface area contributed by atoms with E-state index >= 15 is 0 Å². The maximum atomic E-state index is 11.7. The molecule has 2 aliphatic rings. The van der Waals surface area contributed by atoms with Gasteiger partial charge in [-0.3, -0.25) is 9.69 Å². The second-order valence-electron chi connectivity index (χ2n) is 6.43. The first-order chi connectivity index (χ1) is 9.35. The van der Waals surface area contributed by atoms with Gasteiger partial charge in [0.1, 0.15) is 11.6 Å². The van der Waals surface area contributed by atoms with Crippen LogP contribution < -0.4 is 5.32 Å². The van der Waals surface area contributed by atoms with Gasteiger partial charge in [-0.1, -0.05) is 0 Å². The minimum absolute atomic E-state index is 0.0857. The molecule has 0 saturated carbocycles. The Morgan fingerprint density at radius 2 is 1.95 bits per heavy atom. The van der Waals surface area contributed by atoms with Gasteiger partial charge in [0.2, 0.25) is 0 Å². The van der Waals surface area contributed by atoms with Crippen molar-refractivity contribution >= 4 is 12.1 Å². The number of hydrogen-bond acceptors (Lipinski definition) is 5. The first-order valence-electron chi connectivity index (χ1n) is 7.25. The Morgan fingerprint density at radius 3 is 2.45 bits per heavy atom. The van der Waals surface area contributed by atoms with Gasteiger partial charge in [0, 0.05) is 25.6 Å². The van der Waals surface area contributed by atoms with Crippen LogP contribution in [-0.2, 0) is 14.3 Å². The molecule has 2 rings (SSSR count). The second kappa shape index (κ2) is 5.99. The van der Waals surface area contributed by atoms with Crippen LogP contribution in [0, 0.1) is 0 Å². The summed E-state index contributed by atoms with van der Waals surface area (Å²) in [5, 5.41) is 2.89. The van der Waals surface area contributed by atoms with Crippen LogP contribution in [0.15, 0.2) is 0 Å². The number of piperidine rings is 1. The standard InChI is InChI=1S/C14H24N2O4/c1-14(2,3)20-13(18)15-10-4-7-16(8-5-10)11-6-9-19-12(11)17/h10-11H,4-9H2,1-3H3,(H,15,18)/t11-/m0/s1. The maximum Gasteiger partial charge on any atom is 0.407 e. The molecular weight excluding hydrogens is 260 g/mol. The summed E-state index contributed by atoms with van der Waals surface area (Å²) < 4.78 is 10.2. The Bertz CT molecular complexity index is 370. The first-order valence-corrected chi connectivity index (χ1v) is 7.25. The highest BCUT2D eigenvalue weighted by atomic mass is 16.6. The fourth-order valence-electron chi connectivity index (χ4n) is 2.65. The van der Waals surface area contributed by atoms with Crippen LogP contribution in [-0.4, -0.2) is 54.3 Å². The average molecular weight is 284 g/mol. The van der Waals surface area contributed by atoms with E-state index in [-0.39, 0.29) is 24.1 Å². The highest BCUT2D eigenvalue weighted by molar-refractivity contribution is 5.77. The molecule has 6 heteroatoms. The summed E-state index contributed by atoms with van der Waals surface area (Å²) in [5.41, 5.74) is -0.474. The number of cyclic esters (lactones) is 1. The number of carbonyl (C=O) groups is 2. The van der Waals surface area contributed by atoms with Crippen LogP contribution in [0.1, 0.15) is 40.0 Å². The quantitative estimate of drug-likeness (QED) is 0.774. The summed E-state index contributed by atoms with van der Waals surface area (Å²) in [5.74, 6) is -0.108. The van der Waals surface area contributed by atoms with Gasteiger partial charge in [0.25, 0.3) is 0 Å². The molecule has 114 valence electrons. The van der Waals surface area contributed by atoms with E-state index in [9.17, 15) is 9.59 Å². The van der Waals surface area contributed by atoms with Gasteiger partial charge in [0.15, 0.2) is 0 Å². The maximum absolute atomic E-state index is 11.7. The molecule has 0 aromatic rings. The molecular formula is C14H24N2O4. The number of carbonyl (C=O) groups excluding carboxylic acids is 2. The molecule has 0 unspecified atom stereocenters. The van der Waals surface area contributed by atoms with E-state index in [1.807, 2.05) is 20.8 Å². The van der Waals surface area contributed by atoms with Crippen molar-refractivity contribution in [2.75, 3.05) is 19.7 Å². The number of likely N-dealkylation sites (tertiary alicyclic amines) is 1. The number of nitrogens with zero attached hydrogens (tertiary/aromatic N) is 1. The molecule has 2 heterocycles. The molecule has 2 aliphatic heterocycles. The molecule has 1 N–H and O–H groups in total. The van der Waals surface area contributed by atoms with Crippen LogP contribution in [0.2, 0.25) is 0 Å². The van der Waals surface area contributed by atoms with Crippen molar-refractivity contribution in [3.63, 3.8) is 0 Å². The number of alkyl carbamates (subject to hydrolysis) is 1. The van der Waals surface area contributed by atoms with Gasteiger partial charge in [-0.05, 0) is 33.6 Å². The lowest BCUT2D eigenvalue weighted by Gasteiger charge is -2.34. The fourth-order valence-corrected chi connectivity index (χ4v) is 2.65. The van der Waals surface area contributed by atoms with Crippen molar-refractivity contribution in [1.29, 1.82) is 0 Å². The monoisotopic (exact) mass is 284 g/mol. The van der Waals surface area contributed by atoms with E-state index in [4.69, 9.17) is 9.47 Å². The van der Waals surface area contributed by atoms with E-state index in [1.54, 1.807) is 0 Å². The number of ether oxygens (including phenoxy) is 2. The van der Waals surface area contributed by atoms with Crippen LogP contribution in [0.5, 0.6) is 0 Å². The molecule has 2 saturated heterocycles. The number of nitrogens with one attached hydrogen (secondary N) is 1. The van der Waals surface area contributed by atoms with Crippen molar-refractivity contribution < 1.29 is 19.1 Å². The largest absolute Gasteiger partial charge is 0.464 e. The molecule has 0 aromatic carbocycles. The molecule has 0 bridgehead atoms. The van der Waals surface area contributed by atoms with Gasteiger partial charge in [0.05, 0.1) is 6.61 Å². The van der Waals surface area contributed by atoms with Crippen molar-refractivity contribution in [1.82, 2.24) is 10.2 Å². The van der Waals surface area contributed by atoms with Crippen molar-refractivity contribution in [3.05, 3.63) is 0 Å². The molecule has 20 heavy (non-hydrogen) atoms. The van der Waals surface area contributed by atoms with Gasteiger partial charge >= 0.3 is 12.1 Å². The predicted molar refractivity (Wildman–Crippen MR) is 73.3 cm³/mol. The normalized spacial score (nSPS) is 25.4. The Balaban J connectivity index is 1.74. The topological polar surface area (TPSA) is 67.9 Å². The number of rotatable bonds is 2. The average Bonchev–Trinajstić information content (AvgIpc) is 2.74. The Labute approximate surface area is 119 Å². The molecule has 2 fully saturated rings. The molecule has 1 atom stereocenters. The Hall–Kier alpha value is -1.30. The highest BCUT2D eigenvalue weighted by Crippen LogP contribution is 2.20. The lowest BCUT2D eigenvalue weighted by Crippen LogP contribution is -2.49. The zero-order valence-corrected chi connectivity index (χ0v) is 12.5. The van der Waals surface area contributed by atoms with E-state index in [0.29, 0.717) is 6.61 Å². The van der Waals surface area contributed by atoms with Crippen LogP contribution in [0.4, 0.5) is 4.79 Å². The third kappa shape index (κ3) is 4.10. The van der Waals surface area contributed by atoms with Gasteiger partial charge in [-0.2, -0.15) is 0 Å². The number of amides is 1.